The van der Waals surface area contributed by atoms with Gasteiger partial charge >= 0.3 is 0 Å². The molecule has 0 saturated carbocycles. The Labute approximate surface area is 164 Å². The highest BCUT2D eigenvalue weighted by Gasteiger charge is 2.17. The Bertz CT molecular complexity index is 1230. The number of hydrogen-bond donors (Lipinski definition) is 1. The van der Waals surface area contributed by atoms with Gasteiger partial charge in [0.1, 0.15) is 5.82 Å². The number of aromatic nitrogens is 3. The van der Waals surface area contributed by atoms with E-state index < -0.39 is 0 Å². The van der Waals surface area contributed by atoms with Crippen LogP contribution >= 0.6 is 11.3 Å². The fourth-order valence-electron chi connectivity index (χ4n) is 2.81. The first kappa shape index (κ1) is 17.8. The number of benzene rings is 2. The first-order valence-corrected chi connectivity index (χ1v) is 9.48. The molecule has 138 valence electrons. The highest BCUT2D eigenvalue weighted by molar-refractivity contribution is 7.14. The van der Waals surface area contributed by atoms with E-state index in [2.05, 4.69) is 15.0 Å². The Kier molecular flexibility index (Phi) is 4.82. The molecule has 7 heteroatoms. The van der Waals surface area contributed by atoms with Crippen LogP contribution in [-0.2, 0) is 4.79 Å². The van der Waals surface area contributed by atoms with Crippen LogP contribution in [0.4, 0.5) is 10.8 Å². The molecule has 1 N–H and O–H groups in total. The summed E-state index contributed by atoms with van der Waals surface area (Å²) in [4.78, 5) is 37.6. The number of anilines is 2. The van der Waals surface area contributed by atoms with Gasteiger partial charge in [-0.2, -0.15) is 0 Å². The number of para-hydroxylation sites is 2. The number of H-pyrrole nitrogens is 1. The molecule has 2 heterocycles. The van der Waals surface area contributed by atoms with Crippen molar-refractivity contribution in [3.05, 3.63) is 81.8 Å². The molecule has 0 radical (unpaired) electrons. The van der Waals surface area contributed by atoms with E-state index in [-0.39, 0.29) is 11.5 Å². The zero-order valence-corrected chi connectivity index (χ0v) is 15.8. The molecule has 0 unspecified atom stereocenters. The van der Waals surface area contributed by atoms with Gasteiger partial charge in [-0.25, -0.2) is 9.97 Å². The van der Waals surface area contributed by atoms with Crippen LogP contribution in [0.5, 0.6) is 0 Å². The van der Waals surface area contributed by atoms with Crippen LogP contribution in [0.15, 0.2) is 64.8 Å². The Hall–Kier alpha value is -3.58. The van der Waals surface area contributed by atoms with Crippen LogP contribution in [0, 0.1) is 0 Å². The van der Waals surface area contributed by atoms with Crippen LogP contribution in [-0.4, -0.2) is 20.9 Å². The Morgan fingerprint density at radius 2 is 1.79 bits per heavy atom. The standard InChI is InChI=1S/C21H16N4O2S/c1-14(26)25(16-7-3-2-4-8-16)21-22-15(13-28-21)11-12-19-23-18-10-6-5-9-17(18)20(27)24-19/h2-13H,1H3,(H,23,24,27)/b12-11-. The molecule has 0 aliphatic heterocycles. The summed E-state index contributed by atoms with van der Waals surface area (Å²) >= 11 is 1.37. The largest absolute Gasteiger partial charge is 0.306 e. The highest BCUT2D eigenvalue weighted by atomic mass is 32.1. The second-order valence-electron chi connectivity index (χ2n) is 6.05. The van der Waals surface area contributed by atoms with Gasteiger partial charge in [0.2, 0.25) is 5.91 Å². The van der Waals surface area contributed by atoms with E-state index in [1.807, 2.05) is 41.8 Å². The van der Waals surface area contributed by atoms with Crippen molar-refractivity contribution in [1.29, 1.82) is 0 Å². The molecule has 4 rings (SSSR count). The second-order valence-corrected chi connectivity index (χ2v) is 6.88. The molecule has 6 nitrogen and oxygen atoms in total. The zero-order chi connectivity index (χ0) is 19.5. The van der Waals surface area contributed by atoms with Crippen LogP contribution in [0.1, 0.15) is 18.4 Å². The van der Waals surface area contributed by atoms with Crippen LogP contribution in [0.25, 0.3) is 23.1 Å². The molecule has 0 aliphatic carbocycles. The third-order valence-electron chi connectivity index (χ3n) is 4.07. The lowest BCUT2D eigenvalue weighted by atomic mass is 10.2. The summed E-state index contributed by atoms with van der Waals surface area (Å²) in [5, 5.41) is 2.98. The quantitative estimate of drug-likeness (QED) is 0.567. The van der Waals surface area contributed by atoms with Crippen LogP contribution in [0.3, 0.4) is 0 Å². The molecule has 0 fully saturated rings. The van der Waals surface area contributed by atoms with E-state index in [0.29, 0.717) is 27.6 Å². The Morgan fingerprint density at radius 3 is 2.57 bits per heavy atom. The molecule has 0 atom stereocenters. The summed E-state index contributed by atoms with van der Waals surface area (Å²) in [6.45, 7) is 1.51. The first-order chi connectivity index (χ1) is 13.6. The Balaban J connectivity index is 1.63. The topological polar surface area (TPSA) is 79.0 Å². The molecule has 4 aromatic rings. The minimum absolute atomic E-state index is 0.114. The van der Waals surface area contributed by atoms with Crippen molar-refractivity contribution in [1.82, 2.24) is 15.0 Å². The second kappa shape index (κ2) is 7.58. The molecule has 0 spiro atoms. The maximum Gasteiger partial charge on any atom is 0.259 e. The highest BCUT2D eigenvalue weighted by Crippen LogP contribution is 2.29. The van der Waals surface area contributed by atoms with Gasteiger partial charge in [-0.3, -0.25) is 14.5 Å². The lowest BCUT2D eigenvalue weighted by molar-refractivity contribution is -0.115. The molecule has 1 amide bonds. The Morgan fingerprint density at radius 1 is 1.04 bits per heavy atom. The van der Waals surface area contributed by atoms with Gasteiger partial charge in [0, 0.05) is 12.3 Å². The number of carbonyl (C=O) groups excluding carboxylic acids is 1. The maximum atomic E-state index is 12.1. The van der Waals surface area contributed by atoms with E-state index in [0.717, 1.165) is 5.69 Å². The van der Waals surface area contributed by atoms with E-state index in [9.17, 15) is 9.59 Å². The van der Waals surface area contributed by atoms with Crippen molar-refractivity contribution in [2.75, 3.05) is 4.90 Å². The molecule has 0 bridgehead atoms. The minimum Gasteiger partial charge on any atom is -0.306 e. The first-order valence-electron chi connectivity index (χ1n) is 8.60. The molecule has 0 saturated heterocycles. The van der Waals surface area contributed by atoms with Crippen molar-refractivity contribution >= 4 is 51.1 Å². The van der Waals surface area contributed by atoms with Crippen molar-refractivity contribution < 1.29 is 4.79 Å². The lowest BCUT2D eigenvalue weighted by Gasteiger charge is -2.17. The van der Waals surface area contributed by atoms with Gasteiger partial charge < -0.3 is 4.98 Å². The number of rotatable bonds is 4. The third kappa shape index (κ3) is 3.60. The van der Waals surface area contributed by atoms with E-state index in [4.69, 9.17) is 0 Å². The van der Waals surface area contributed by atoms with E-state index in [1.54, 1.807) is 35.3 Å². The summed E-state index contributed by atoms with van der Waals surface area (Å²) in [6.07, 6.45) is 3.46. The number of carbonyl (C=O) groups is 1. The van der Waals surface area contributed by atoms with Gasteiger partial charge in [0.15, 0.2) is 5.13 Å². The molecule has 2 aromatic heterocycles. The van der Waals surface area contributed by atoms with Crippen molar-refractivity contribution in [3.63, 3.8) is 0 Å². The predicted molar refractivity (Wildman–Crippen MR) is 113 cm³/mol. The summed E-state index contributed by atoms with van der Waals surface area (Å²) in [7, 11) is 0. The number of nitrogens with zero attached hydrogens (tertiary/aromatic N) is 3. The molecule has 28 heavy (non-hydrogen) atoms. The fraction of sp³-hybridized carbons (Fsp3) is 0.0476. The fourth-order valence-corrected chi connectivity index (χ4v) is 3.66. The van der Waals surface area contributed by atoms with Crippen LogP contribution in [0.2, 0.25) is 0 Å². The number of fused-ring (bicyclic) bond motifs is 1. The maximum absolute atomic E-state index is 12.1. The summed E-state index contributed by atoms with van der Waals surface area (Å²) in [6, 6.07) is 16.6. The van der Waals surface area contributed by atoms with E-state index >= 15 is 0 Å². The zero-order valence-electron chi connectivity index (χ0n) is 15.0. The normalized spacial score (nSPS) is 11.2. The molecular formula is C21H16N4O2S. The van der Waals surface area contributed by atoms with Crippen molar-refractivity contribution in [2.24, 2.45) is 0 Å². The number of aromatic amines is 1. The number of hydrogen-bond acceptors (Lipinski definition) is 5. The SMILES string of the molecule is CC(=O)N(c1ccccc1)c1nc(/C=C\c2nc3ccccc3c(=O)[nH]2)cs1. The summed E-state index contributed by atoms with van der Waals surface area (Å²) in [5.41, 5.74) is 1.89. The monoisotopic (exact) mass is 388 g/mol. The minimum atomic E-state index is -0.184. The number of amides is 1. The van der Waals surface area contributed by atoms with Gasteiger partial charge in [-0.1, -0.05) is 30.3 Å². The third-order valence-corrected chi connectivity index (χ3v) is 4.92. The van der Waals surface area contributed by atoms with Gasteiger partial charge in [0.05, 0.1) is 22.3 Å². The lowest BCUT2D eigenvalue weighted by Crippen LogP contribution is -2.22. The van der Waals surface area contributed by atoms with Crippen LogP contribution < -0.4 is 10.5 Å². The molecular weight excluding hydrogens is 372 g/mol. The predicted octanol–water partition coefficient (Wildman–Crippen LogP) is 4.23. The van der Waals surface area contributed by atoms with Gasteiger partial charge in [-0.15, -0.1) is 11.3 Å². The smallest absolute Gasteiger partial charge is 0.259 e. The molecule has 2 aromatic carbocycles. The van der Waals surface area contributed by atoms with Crippen molar-refractivity contribution in [2.45, 2.75) is 6.92 Å². The molecule has 0 aliphatic rings. The van der Waals surface area contributed by atoms with Crippen molar-refractivity contribution in [3.8, 4) is 0 Å². The van der Waals surface area contributed by atoms with Gasteiger partial charge in [0.25, 0.3) is 5.56 Å². The summed E-state index contributed by atoms with van der Waals surface area (Å²) in [5.74, 6) is 0.335. The van der Waals surface area contributed by atoms with E-state index in [1.165, 1.54) is 18.3 Å². The van der Waals surface area contributed by atoms with Gasteiger partial charge in [-0.05, 0) is 36.4 Å². The average Bonchev–Trinajstić information content (AvgIpc) is 3.15. The average molecular weight is 388 g/mol. The number of nitrogens with one attached hydrogen (secondary N) is 1. The number of thiazole rings is 1. The summed E-state index contributed by atoms with van der Waals surface area (Å²) < 4.78 is 0.